The SMILES string of the molecule is CCC(C)NC(=O)C(C)(C)C(N)=S. The van der Waals surface area contributed by atoms with Gasteiger partial charge in [0.15, 0.2) is 0 Å². The molecule has 0 radical (unpaired) electrons. The molecule has 0 rings (SSSR count). The fraction of sp³-hybridized carbons (Fsp3) is 0.778. The third-order valence-corrected chi connectivity index (χ3v) is 2.68. The lowest BCUT2D eigenvalue weighted by Crippen LogP contribution is -2.47. The van der Waals surface area contributed by atoms with E-state index in [1.165, 1.54) is 0 Å². The number of hydrogen-bond acceptors (Lipinski definition) is 2. The lowest BCUT2D eigenvalue weighted by molar-refractivity contribution is -0.126. The number of nitrogens with one attached hydrogen (secondary N) is 1. The lowest BCUT2D eigenvalue weighted by atomic mass is 9.92. The van der Waals surface area contributed by atoms with Crippen LogP contribution in [0.1, 0.15) is 34.1 Å². The molecule has 76 valence electrons. The normalized spacial score (nSPS) is 13.5. The number of nitrogens with two attached hydrogens (primary N) is 1. The molecule has 0 aromatic heterocycles. The molecule has 1 unspecified atom stereocenters. The Bertz CT molecular complexity index is 214. The summed E-state index contributed by atoms with van der Waals surface area (Å²) in [4.78, 5) is 11.8. The van der Waals surface area contributed by atoms with Crippen molar-refractivity contribution in [3.8, 4) is 0 Å². The fourth-order valence-electron chi connectivity index (χ4n) is 0.618. The molecule has 0 saturated heterocycles. The second-order valence-electron chi connectivity index (χ2n) is 3.77. The van der Waals surface area contributed by atoms with Gasteiger partial charge in [-0.3, -0.25) is 4.79 Å². The van der Waals surface area contributed by atoms with Gasteiger partial charge in [0, 0.05) is 6.04 Å². The van der Waals surface area contributed by atoms with E-state index in [1.807, 2.05) is 13.8 Å². The Hall–Kier alpha value is -0.640. The van der Waals surface area contributed by atoms with E-state index in [9.17, 15) is 4.79 Å². The van der Waals surface area contributed by atoms with Crippen LogP contribution >= 0.6 is 12.2 Å². The van der Waals surface area contributed by atoms with Crippen LogP contribution in [0.15, 0.2) is 0 Å². The van der Waals surface area contributed by atoms with Crippen LogP contribution in [0.4, 0.5) is 0 Å². The summed E-state index contributed by atoms with van der Waals surface area (Å²) in [7, 11) is 0. The molecule has 0 aliphatic rings. The van der Waals surface area contributed by atoms with E-state index in [1.54, 1.807) is 13.8 Å². The number of carbonyl (C=O) groups excluding carboxylic acids is 1. The van der Waals surface area contributed by atoms with Crippen molar-refractivity contribution in [1.82, 2.24) is 5.32 Å². The maximum Gasteiger partial charge on any atom is 0.232 e. The molecule has 0 bridgehead atoms. The summed E-state index contributed by atoms with van der Waals surface area (Å²) in [6, 6.07) is 0.168. The number of carbonyl (C=O) groups is 1. The molecular weight excluding hydrogens is 184 g/mol. The minimum Gasteiger partial charge on any atom is -0.392 e. The minimum absolute atomic E-state index is 0.102. The van der Waals surface area contributed by atoms with Gasteiger partial charge in [-0.1, -0.05) is 19.1 Å². The highest BCUT2D eigenvalue weighted by molar-refractivity contribution is 7.80. The molecular formula is C9H18N2OS. The van der Waals surface area contributed by atoms with E-state index in [0.717, 1.165) is 6.42 Å². The zero-order valence-corrected chi connectivity index (χ0v) is 9.49. The topological polar surface area (TPSA) is 55.1 Å². The van der Waals surface area contributed by atoms with Crippen molar-refractivity contribution in [1.29, 1.82) is 0 Å². The Morgan fingerprint density at radius 3 is 2.38 bits per heavy atom. The average molecular weight is 202 g/mol. The van der Waals surface area contributed by atoms with Crippen LogP contribution in [0.5, 0.6) is 0 Å². The van der Waals surface area contributed by atoms with Crippen molar-refractivity contribution in [3.63, 3.8) is 0 Å². The summed E-state index contributed by atoms with van der Waals surface area (Å²) >= 11 is 4.81. The van der Waals surface area contributed by atoms with Crippen LogP contribution in [0.2, 0.25) is 0 Å². The van der Waals surface area contributed by atoms with Gasteiger partial charge in [-0.15, -0.1) is 0 Å². The van der Waals surface area contributed by atoms with Gasteiger partial charge in [-0.25, -0.2) is 0 Å². The predicted octanol–water partition coefficient (Wildman–Crippen LogP) is 1.21. The smallest absolute Gasteiger partial charge is 0.232 e. The quantitative estimate of drug-likeness (QED) is 0.674. The van der Waals surface area contributed by atoms with Crippen LogP contribution in [0.3, 0.4) is 0 Å². The van der Waals surface area contributed by atoms with Crippen LogP contribution in [0.25, 0.3) is 0 Å². The Morgan fingerprint density at radius 2 is 2.08 bits per heavy atom. The van der Waals surface area contributed by atoms with Gasteiger partial charge in [0.05, 0.1) is 10.4 Å². The van der Waals surface area contributed by atoms with Crippen LogP contribution in [-0.4, -0.2) is 16.9 Å². The lowest BCUT2D eigenvalue weighted by Gasteiger charge is -2.24. The van der Waals surface area contributed by atoms with Crippen molar-refractivity contribution in [3.05, 3.63) is 0 Å². The largest absolute Gasteiger partial charge is 0.392 e. The molecule has 0 saturated carbocycles. The Morgan fingerprint density at radius 1 is 1.62 bits per heavy atom. The van der Waals surface area contributed by atoms with E-state index in [4.69, 9.17) is 18.0 Å². The second kappa shape index (κ2) is 4.56. The van der Waals surface area contributed by atoms with Crippen molar-refractivity contribution in [2.45, 2.75) is 40.2 Å². The van der Waals surface area contributed by atoms with Crippen molar-refractivity contribution in [2.75, 3.05) is 0 Å². The van der Waals surface area contributed by atoms with E-state index in [0.29, 0.717) is 0 Å². The maximum absolute atomic E-state index is 11.6. The highest BCUT2D eigenvalue weighted by atomic mass is 32.1. The highest BCUT2D eigenvalue weighted by Gasteiger charge is 2.31. The first kappa shape index (κ1) is 12.4. The van der Waals surface area contributed by atoms with Crippen molar-refractivity contribution in [2.24, 2.45) is 11.1 Å². The van der Waals surface area contributed by atoms with E-state index in [-0.39, 0.29) is 16.9 Å². The zero-order chi connectivity index (χ0) is 10.6. The third-order valence-electron chi connectivity index (χ3n) is 2.17. The molecule has 0 aromatic rings. The molecule has 1 amide bonds. The molecule has 0 aromatic carbocycles. The first-order valence-electron chi connectivity index (χ1n) is 4.43. The first-order valence-corrected chi connectivity index (χ1v) is 4.84. The molecule has 0 heterocycles. The second-order valence-corrected chi connectivity index (χ2v) is 4.21. The molecule has 4 heteroatoms. The first-order chi connectivity index (χ1) is 5.82. The van der Waals surface area contributed by atoms with Crippen LogP contribution < -0.4 is 11.1 Å². The summed E-state index contributed by atoms with van der Waals surface area (Å²) in [5.41, 5.74) is 4.71. The standard InChI is InChI=1S/C9H18N2OS/c1-5-6(2)11-8(12)9(3,4)7(10)13/h6H,5H2,1-4H3,(H2,10,13)(H,11,12). The fourth-order valence-corrected chi connectivity index (χ4v) is 0.711. The monoisotopic (exact) mass is 202 g/mol. The number of rotatable bonds is 4. The Balaban J connectivity index is 4.34. The van der Waals surface area contributed by atoms with Gasteiger partial charge in [-0.05, 0) is 27.2 Å². The predicted molar refractivity (Wildman–Crippen MR) is 58.5 cm³/mol. The third kappa shape index (κ3) is 3.30. The minimum atomic E-state index is -0.751. The Kier molecular flexibility index (Phi) is 4.33. The summed E-state index contributed by atoms with van der Waals surface area (Å²) in [6.07, 6.45) is 0.902. The van der Waals surface area contributed by atoms with E-state index in [2.05, 4.69) is 5.32 Å². The molecule has 0 spiro atoms. The van der Waals surface area contributed by atoms with Crippen LogP contribution in [-0.2, 0) is 4.79 Å². The number of amides is 1. The van der Waals surface area contributed by atoms with Gasteiger partial charge < -0.3 is 11.1 Å². The van der Waals surface area contributed by atoms with Gasteiger partial charge in [0.25, 0.3) is 0 Å². The summed E-state index contributed by atoms with van der Waals surface area (Å²) in [5, 5.41) is 2.84. The average Bonchev–Trinajstić information content (AvgIpc) is 2.03. The molecule has 0 aliphatic carbocycles. The van der Waals surface area contributed by atoms with Crippen molar-refractivity contribution >= 4 is 23.1 Å². The van der Waals surface area contributed by atoms with E-state index < -0.39 is 5.41 Å². The van der Waals surface area contributed by atoms with Crippen molar-refractivity contribution < 1.29 is 4.79 Å². The zero-order valence-electron chi connectivity index (χ0n) is 8.68. The van der Waals surface area contributed by atoms with Gasteiger partial charge >= 0.3 is 0 Å². The van der Waals surface area contributed by atoms with Gasteiger partial charge in [-0.2, -0.15) is 0 Å². The highest BCUT2D eigenvalue weighted by Crippen LogP contribution is 2.15. The molecule has 3 N–H and O–H groups in total. The van der Waals surface area contributed by atoms with Gasteiger partial charge in [0.2, 0.25) is 5.91 Å². The van der Waals surface area contributed by atoms with E-state index >= 15 is 0 Å². The summed E-state index contributed by atoms with van der Waals surface area (Å²) in [5.74, 6) is -0.102. The number of thiocarbonyl (C=S) groups is 1. The molecule has 3 nitrogen and oxygen atoms in total. The summed E-state index contributed by atoms with van der Waals surface area (Å²) in [6.45, 7) is 7.42. The molecule has 13 heavy (non-hydrogen) atoms. The molecule has 0 aliphatic heterocycles. The van der Waals surface area contributed by atoms with Crippen LogP contribution in [0, 0.1) is 5.41 Å². The maximum atomic E-state index is 11.6. The Labute approximate surface area is 85.1 Å². The van der Waals surface area contributed by atoms with Gasteiger partial charge in [0.1, 0.15) is 0 Å². The summed E-state index contributed by atoms with van der Waals surface area (Å²) < 4.78 is 0. The molecule has 0 fully saturated rings. The number of hydrogen-bond donors (Lipinski definition) is 2. The molecule has 1 atom stereocenters.